The number of Topliss-reactive ketones (excluding diaryl/α,β-unsaturated/α-hetero) is 1. The van der Waals surface area contributed by atoms with Crippen molar-refractivity contribution in [3.63, 3.8) is 0 Å². The minimum absolute atomic E-state index is 0.0800. The molecule has 0 unspecified atom stereocenters. The molecule has 1 aromatic rings. The number of benzene rings is 1. The third-order valence-corrected chi connectivity index (χ3v) is 6.40. The van der Waals surface area contributed by atoms with E-state index in [0.717, 1.165) is 7.11 Å². The summed E-state index contributed by atoms with van der Waals surface area (Å²) >= 11 is 9.77. The highest BCUT2D eigenvalue weighted by atomic mass is 79.9. The van der Waals surface area contributed by atoms with Gasteiger partial charge in [-0.05, 0) is 50.9 Å². The Morgan fingerprint density at radius 1 is 1.17 bits per heavy atom. The molecule has 1 aliphatic carbocycles. The first-order valence-corrected chi connectivity index (χ1v) is 10.5. The summed E-state index contributed by atoms with van der Waals surface area (Å²) in [5.41, 5.74) is -2.49. The number of carbonyl (C=O) groups is 4. The molecule has 3 rings (SSSR count). The zero-order chi connectivity index (χ0) is 21.7. The molecule has 1 aromatic carbocycles. The van der Waals surface area contributed by atoms with Crippen LogP contribution in [0.4, 0.5) is 0 Å². The third kappa shape index (κ3) is 3.69. The molecule has 2 aliphatic rings. The Morgan fingerprint density at radius 2 is 1.76 bits per heavy atom. The van der Waals surface area contributed by atoms with Crippen LogP contribution >= 0.6 is 47.8 Å². The Balaban J connectivity index is 2.03. The monoisotopic (exact) mass is 594 g/mol. The molecule has 0 saturated heterocycles. The number of cyclic esters (lactones) is 1. The summed E-state index contributed by atoms with van der Waals surface area (Å²) in [5.74, 6) is -5.01. The summed E-state index contributed by atoms with van der Waals surface area (Å²) in [6.07, 6.45) is -1.72. The second kappa shape index (κ2) is 7.93. The van der Waals surface area contributed by atoms with Crippen molar-refractivity contribution in [1.82, 2.24) is 0 Å². The van der Waals surface area contributed by atoms with E-state index in [1.54, 1.807) is 12.1 Å². The second-order valence-corrected chi connectivity index (χ2v) is 9.17. The van der Waals surface area contributed by atoms with Crippen LogP contribution in [0.1, 0.15) is 17.3 Å². The highest BCUT2D eigenvalue weighted by Crippen LogP contribution is 2.44. The van der Waals surface area contributed by atoms with Gasteiger partial charge in [-0.1, -0.05) is 15.9 Å². The van der Waals surface area contributed by atoms with Crippen molar-refractivity contribution in [2.45, 2.75) is 18.6 Å². The van der Waals surface area contributed by atoms with E-state index < -0.39 is 47.9 Å². The highest BCUT2D eigenvalue weighted by Gasteiger charge is 2.63. The highest BCUT2D eigenvalue weighted by molar-refractivity contribution is 9.11. The van der Waals surface area contributed by atoms with Crippen molar-refractivity contribution in [1.29, 1.82) is 0 Å². The van der Waals surface area contributed by atoms with Crippen molar-refractivity contribution in [2.75, 3.05) is 13.7 Å². The van der Waals surface area contributed by atoms with Crippen LogP contribution in [0, 0.1) is 5.92 Å². The zero-order valence-corrected chi connectivity index (χ0v) is 19.7. The standard InChI is InChI=1S/C18H13Br3O8/c1-18(26)12-10(7(15(23)27-2)5-28-17(12)25)13(22)14(18)29-16(24)11-8(20)3-6(19)4-9(11)21/h3-4,12,14,26H,5H2,1-2H3/t12-,14+,18-/m1/s1. The van der Waals surface area contributed by atoms with Gasteiger partial charge in [-0.15, -0.1) is 0 Å². The number of ketones is 1. The maximum absolute atomic E-state index is 13.0. The van der Waals surface area contributed by atoms with Crippen molar-refractivity contribution in [2.24, 2.45) is 5.92 Å². The number of fused-ring (bicyclic) bond motifs is 1. The average Bonchev–Trinajstić information content (AvgIpc) is 2.82. The van der Waals surface area contributed by atoms with Crippen LogP contribution in [0.25, 0.3) is 0 Å². The quantitative estimate of drug-likeness (QED) is 0.418. The Morgan fingerprint density at radius 3 is 2.31 bits per heavy atom. The number of rotatable bonds is 3. The van der Waals surface area contributed by atoms with Gasteiger partial charge in [0.2, 0.25) is 5.78 Å². The lowest BCUT2D eigenvalue weighted by atomic mass is 9.86. The van der Waals surface area contributed by atoms with Crippen molar-refractivity contribution in [3.8, 4) is 0 Å². The molecule has 1 heterocycles. The maximum Gasteiger partial charge on any atom is 0.341 e. The van der Waals surface area contributed by atoms with Gasteiger partial charge in [0.15, 0.2) is 6.10 Å². The molecule has 1 aliphatic heterocycles. The Labute approximate surface area is 189 Å². The molecule has 0 bridgehead atoms. The summed E-state index contributed by atoms with van der Waals surface area (Å²) in [5, 5.41) is 10.9. The maximum atomic E-state index is 13.0. The lowest BCUT2D eigenvalue weighted by Gasteiger charge is -2.30. The van der Waals surface area contributed by atoms with Gasteiger partial charge < -0.3 is 19.3 Å². The van der Waals surface area contributed by atoms with Crippen LogP contribution in [-0.4, -0.2) is 54.2 Å². The molecule has 1 fully saturated rings. The van der Waals surface area contributed by atoms with Gasteiger partial charge in [0.1, 0.15) is 18.1 Å². The fourth-order valence-electron chi connectivity index (χ4n) is 3.34. The topological polar surface area (TPSA) is 116 Å². The van der Waals surface area contributed by atoms with Crippen LogP contribution in [0.3, 0.4) is 0 Å². The largest absolute Gasteiger partial charge is 0.466 e. The number of ether oxygens (including phenoxy) is 3. The first kappa shape index (κ1) is 22.1. The smallest absolute Gasteiger partial charge is 0.341 e. The Kier molecular flexibility index (Phi) is 6.06. The number of esters is 3. The van der Waals surface area contributed by atoms with Crippen LogP contribution in [-0.2, 0) is 28.6 Å². The summed E-state index contributed by atoms with van der Waals surface area (Å²) in [6.45, 7) is 0.706. The number of hydrogen-bond donors (Lipinski definition) is 1. The lowest BCUT2D eigenvalue weighted by Crippen LogP contribution is -2.48. The van der Waals surface area contributed by atoms with E-state index in [-0.39, 0.29) is 16.7 Å². The minimum Gasteiger partial charge on any atom is -0.466 e. The van der Waals surface area contributed by atoms with E-state index in [0.29, 0.717) is 13.4 Å². The van der Waals surface area contributed by atoms with E-state index in [1.807, 2.05) is 0 Å². The van der Waals surface area contributed by atoms with Crippen molar-refractivity contribution in [3.05, 3.63) is 42.3 Å². The van der Waals surface area contributed by atoms with Gasteiger partial charge in [0.25, 0.3) is 0 Å². The summed E-state index contributed by atoms with van der Waals surface area (Å²) in [6, 6.07) is 3.20. The van der Waals surface area contributed by atoms with E-state index in [9.17, 15) is 24.3 Å². The molecule has 0 amide bonds. The third-order valence-electron chi connectivity index (χ3n) is 4.69. The van der Waals surface area contributed by atoms with E-state index in [1.165, 1.54) is 6.92 Å². The molecular formula is C18H13Br3O8. The molecule has 0 radical (unpaired) electrons. The zero-order valence-electron chi connectivity index (χ0n) is 15.0. The van der Waals surface area contributed by atoms with Gasteiger partial charge >= 0.3 is 17.9 Å². The number of methoxy groups -OCH3 is 1. The number of halogens is 3. The molecule has 8 nitrogen and oxygen atoms in total. The minimum atomic E-state index is -2.12. The number of hydrogen-bond acceptors (Lipinski definition) is 8. The molecule has 3 atom stereocenters. The van der Waals surface area contributed by atoms with E-state index >= 15 is 0 Å². The SMILES string of the molecule is COC(=O)C1=C2C(=O)[C@H](OC(=O)c3c(Br)cc(Br)cc3Br)[C@](C)(O)[C@H]2C(=O)OC1. The predicted molar refractivity (Wildman–Crippen MR) is 108 cm³/mol. The number of aliphatic hydroxyl groups is 1. The van der Waals surface area contributed by atoms with Crippen LogP contribution in [0.15, 0.2) is 36.7 Å². The fourth-order valence-corrected chi connectivity index (χ4v) is 5.93. The van der Waals surface area contributed by atoms with Gasteiger partial charge in [-0.25, -0.2) is 9.59 Å². The van der Waals surface area contributed by atoms with Gasteiger partial charge in [0, 0.05) is 19.0 Å². The summed E-state index contributed by atoms with van der Waals surface area (Å²) in [4.78, 5) is 50.0. The van der Waals surface area contributed by atoms with Crippen LogP contribution < -0.4 is 0 Å². The summed E-state index contributed by atoms with van der Waals surface area (Å²) in [7, 11) is 1.11. The Hall–Kier alpha value is -1.56. The Bertz CT molecular complexity index is 958. The molecule has 154 valence electrons. The molecule has 1 N–H and O–H groups in total. The molecule has 11 heteroatoms. The molecule has 29 heavy (non-hydrogen) atoms. The van der Waals surface area contributed by atoms with Crippen LogP contribution in [0.5, 0.6) is 0 Å². The second-order valence-electron chi connectivity index (χ2n) is 6.54. The molecule has 1 saturated carbocycles. The van der Waals surface area contributed by atoms with Crippen molar-refractivity contribution < 1.29 is 38.5 Å². The molecule has 0 spiro atoms. The van der Waals surface area contributed by atoms with E-state index in [4.69, 9.17) is 9.47 Å². The molecular weight excluding hydrogens is 584 g/mol. The van der Waals surface area contributed by atoms with Crippen LogP contribution in [0.2, 0.25) is 0 Å². The van der Waals surface area contributed by atoms with Gasteiger partial charge in [-0.3, -0.25) is 9.59 Å². The normalized spacial score (nSPS) is 26.1. The molecule has 0 aromatic heterocycles. The van der Waals surface area contributed by atoms with Gasteiger partial charge in [0.05, 0.1) is 18.2 Å². The first-order chi connectivity index (χ1) is 13.5. The average molecular weight is 597 g/mol. The van der Waals surface area contributed by atoms with E-state index in [2.05, 4.69) is 52.5 Å². The summed E-state index contributed by atoms with van der Waals surface area (Å²) < 4.78 is 16.3. The fraction of sp³-hybridized carbons (Fsp3) is 0.333. The van der Waals surface area contributed by atoms with Gasteiger partial charge in [-0.2, -0.15) is 0 Å². The lowest BCUT2D eigenvalue weighted by molar-refractivity contribution is -0.160. The predicted octanol–water partition coefficient (Wildman–Crippen LogP) is 2.48. The van der Waals surface area contributed by atoms with Crippen molar-refractivity contribution >= 4 is 71.5 Å². The number of carbonyl (C=O) groups excluding carboxylic acids is 4. The first-order valence-electron chi connectivity index (χ1n) is 8.10.